The third-order valence-corrected chi connectivity index (χ3v) is 10.7. The molecule has 0 spiro atoms. The molecule has 0 N–H and O–H groups in total. The average Bonchev–Trinajstić information content (AvgIpc) is 3.27. The summed E-state index contributed by atoms with van der Waals surface area (Å²) >= 11 is 0. The quantitative estimate of drug-likeness (QED) is 0.0199. The van der Waals surface area contributed by atoms with E-state index < -0.39 is 6.10 Å². The van der Waals surface area contributed by atoms with Crippen LogP contribution in [0.1, 0.15) is 233 Å². The van der Waals surface area contributed by atoms with Gasteiger partial charge in [-0.25, -0.2) is 0 Å². The van der Waals surface area contributed by atoms with E-state index in [-0.39, 0.29) is 37.5 Å². The molecule has 0 aliphatic rings. The van der Waals surface area contributed by atoms with Gasteiger partial charge in [0, 0.05) is 19.3 Å². The van der Waals surface area contributed by atoms with Crippen LogP contribution in [0.25, 0.3) is 0 Å². The van der Waals surface area contributed by atoms with E-state index in [1.54, 1.807) is 0 Å². The van der Waals surface area contributed by atoms with Gasteiger partial charge >= 0.3 is 17.9 Å². The number of allylic oxidation sites excluding steroid dienone is 14. The molecule has 0 saturated heterocycles. The van der Waals surface area contributed by atoms with Gasteiger partial charge in [-0.05, 0) is 77.0 Å². The predicted molar refractivity (Wildman–Crippen MR) is 265 cm³/mol. The number of rotatable bonds is 45. The topological polar surface area (TPSA) is 78.9 Å². The Kier molecular flexibility index (Phi) is 47.5. The van der Waals surface area contributed by atoms with Crippen molar-refractivity contribution in [3.8, 4) is 0 Å². The van der Waals surface area contributed by atoms with Crippen LogP contribution in [-0.4, -0.2) is 37.2 Å². The zero-order chi connectivity index (χ0) is 45.1. The monoisotopic (exact) mass is 863 g/mol. The second-order valence-electron chi connectivity index (χ2n) is 16.8. The second-order valence-corrected chi connectivity index (χ2v) is 16.8. The Hall–Kier alpha value is -3.41. The van der Waals surface area contributed by atoms with E-state index in [1.807, 2.05) is 0 Å². The number of unbranched alkanes of at least 4 members (excludes halogenated alkanes) is 22. The van der Waals surface area contributed by atoms with Crippen molar-refractivity contribution in [2.45, 2.75) is 239 Å². The first-order chi connectivity index (χ1) is 30.5. The Bertz CT molecular complexity index is 1220. The summed E-state index contributed by atoms with van der Waals surface area (Å²) in [5.41, 5.74) is 0. The number of ether oxygens (including phenoxy) is 3. The highest BCUT2D eigenvalue weighted by Gasteiger charge is 2.19. The molecular weight excluding hydrogens is 769 g/mol. The van der Waals surface area contributed by atoms with E-state index in [2.05, 4.69) is 106 Å². The average molecular weight is 863 g/mol. The van der Waals surface area contributed by atoms with Gasteiger partial charge in [0.1, 0.15) is 13.2 Å². The Morgan fingerprint density at radius 2 is 0.710 bits per heavy atom. The van der Waals surface area contributed by atoms with Gasteiger partial charge in [0.25, 0.3) is 0 Å². The first-order valence-corrected chi connectivity index (χ1v) is 25.6. The maximum atomic E-state index is 12.8. The summed E-state index contributed by atoms with van der Waals surface area (Å²) in [5.74, 6) is -0.979. The fourth-order valence-corrected chi connectivity index (χ4v) is 6.85. The molecule has 1 unspecified atom stereocenters. The molecule has 0 amide bonds. The highest BCUT2D eigenvalue weighted by Crippen LogP contribution is 2.15. The summed E-state index contributed by atoms with van der Waals surface area (Å²) in [4.78, 5) is 37.9. The number of esters is 3. The Morgan fingerprint density at radius 3 is 1.21 bits per heavy atom. The Morgan fingerprint density at radius 1 is 0.355 bits per heavy atom. The fraction of sp³-hybridized carbons (Fsp3) is 0.696. The van der Waals surface area contributed by atoms with Crippen molar-refractivity contribution >= 4 is 17.9 Å². The second kappa shape index (κ2) is 50.2. The summed E-state index contributed by atoms with van der Waals surface area (Å²) in [6.45, 7) is 6.41. The molecule has 6 heteroatoms. The molecule has 62 heavy (non-hydrogen) atoms. The van der Waals surface area contributed by atoms with Crippen LogP contribution < -0.4 is 0 Å². The van der Waals surface area contributed by atoms with E-state index in [1.165, 1.54) is 96.3 Å². The van der Waals surface area contributed by atoms with Crippen molar-refractivity contribution in [3.05, 3.63) is 85.1 Å². The SMILES string of the molecule is CC\C=C/C=C\C=C/CCCCCCCC(=O)OCC(COC(=O)CCC/C=C\C/C=C\C/C=C\C/C=C\CCCCC)OC(=O)CCCCCCCCCCCCCCCC. The Balaban J connectivity index is 4.49. The van der Waals surface area contributed by atoms with Crippen LogP contribution in [0.3, 0.4) is 0 Å². The number of hydrogen-bond acceptors (Lipinski definition) is 6. The lowest BCUT2D eigenvalue weighted by Gasteiger charge is -2.18. The van der Waals surface area contributed by atoms with Gasteiger partial charge in [-0.3, -0.25) is 14.4 Å². The van der Waals surface area contributed by atoms with Gasteiger partial charge in [0.2, 0.25) is 0 Å². The lowest BCUT2D eigenvalue weighted by atomic mass is 10.0. The third kappa shape index (κ3) is 47.6. The molecule has 0 rings (SSSR count). The summed E-state index contributed by atoms with van der Waals surface area (Å²) < 4.78 is 16.7. The van der Waals surface area contributed by atoms with Gasteiger partial charge in [0.05, 0.1) is 0 Å². The first-order valence-electron chi connectivity index (χ1n) is 25.6. The van der Waals surface area contributed by atoms with E-state index in [0.717, 1.165) is 89.9 Å². The largest absolute Gasteiger partial charge is 0.462 e. The summed E-state index contributed by atoms with van der Waals surface area (Å²) in [7, 11) is 0. The van der Waals surface area contributed by atoms with Gasteiger partial charge in [-0.1, -0.05) is 221 Å². The number of hydrogen-bond donors (Lipinski definition) is 0. The third-order valence-electron chi connectivity index (χ3n) is 10.7. The number of carbonyl (C=O) groups excluding carboxylic acids is 3. The smallest absolute Gasteiger partial charge is 0.306 e. The predicted octanol–water partition coefficient (Wildman–Crippen LogP) is 16.8. The minimum absolute atomic E-state index is 0.103. The van der Waals surface area contributed by atoms with Crippen LogP contribution >= 0.6 is 0 Å². The molecule has 6 nitrogen and oxygen atoms in total. The molecule has 1 atom stereocenters. The van der Waals surface area contributed by atoms with Gasteiger partial charge < -0.3 is 14.2 Å². The van der Waals surface area contributed by atoms with Crippen LogP contribution in [0.5, 0.6) is 0 Å². The zero-order valence-corrected chi connectivity index (χ0v) is 40.4. The molecular formula is C56H94O6. The molecule has 0 aromatic rings. The van der Waals surface area contributed by atoms with E-state index in [4.69, 9.17) is 14.2 Å². The van der Waals surface area contributed by atoms with Crippen molar-refractivity contribution in [1.82, 2.24) is 0 Å². The van der Waals surface area contributed by atoms with Crippen LogP contribution in [0, 0.1) is 0 Å². The lowest BCUT2D eigenvalue weighted by Crippen LogP contribution is -2.30. The maximum Gasteiger partial charge on any atom is 0.306 e. The molecule has 0 fully saturated rings. The molecule has 0 radical (unpaired) electrons. The van der Waals surface area contributed by atoms with Crippen molar-refractivity contribution in [3.63, 3.8) is 0 Å². The summed E-state index contributed by atoms with van der Waals surface area (Å²) in [5, 5.41) is 0. The molecule has 0 aliphatic heterocycles. The van der Waals surface area contributed by atoms with Gasteiger partial charge in [-0.2, -0.15) is 0 Å². The normalized spacial score (nSPS) is 12.8. The Labute approximate surface area is 382 Å². The van der Waals surface area contributed by atoms with Crippen molar-refractivity contribution in [2.75, 3.05) is 13.2 Å². The molecule has 0 bridgehead atoms. The molecule has 0 aromatic carbocycles. The molecule has 0 saturated carbocycles. The van der Waals surface area contributed by atoms with Crippen molar-refractivity contribution < 1.29 is 28.6 Å². The molecule has 0 aliphatic carbocycles. The van der Waals surface area contributed by atoms with Crippen LogP contribution in [0.15, 0.2) is 85.1 Å². The van der Waals surface area contributed by atoms with Crippen LogP contribution in [-0.2, 0) is 28.6 Å². The van der Waals surface area contributed by atoms with Gasteiger partial charge in [0.15, 0.2) is 6.10 Å². The minimum atomic E-state index is -0.804. The van der Waals surface area contributed by atoms with E-state index >= 15 is 0 Å². The minimum Gasteiger partial charge on any atom is -0.462 e. The molecule has 0 aromatic heterocycles. The highest BCUT2D eigenvalue weighted by atomic mass is 16.6. The van der Waals surface area contributed by atoms with E-state index in [9.17, 15) is 14.4 Å². The summed E-state index contributed by atoms with van der Waals surface area (Å²) in [6.07, 6.45) is 64.2. The molecule has 0 heterocycles. The maximum absolute atomic E-state index is 12.8. The standard InChI is InChI=1S/C56H94O6/c1-4-7-10-13-16-19-22-25-27-28-29-32-34-37-40-43-46-49-55(58)61-52-53(51-60-54(57)48-45-42-39-36-33-30-24-21-18-15-12-9-6-3)62-56(59)50-47-44-41-38-35-31-26-23-20-17-14-11-8-5-2/h9,12,15-16,18-19,21,24-25,27,29,32,37,40,53H,4-8,10-11,13-14,17,20,22-23,26,28,30-31,33-36,38-39,41-52H2,1-3H3/b12-9-,18-15-,19-16-,24-21-,27-25-,32-29-,40-37-. The van der Waals surface area contributed by atoms with Crippen LogP contribution in [0.4, 0.5) is 0 Å². The van der Waals surface area contributed by atoms with Gasteiger partial charge in [-0.15, -0.1) is 0 Å². The fourth-order valence-electron chi connectivity index (χ4n) is 6.85. The highest BCUT2D eigenvalue weighted by molar-refractivity contribution is 5.71. The summed E-state index contributed by atoms with van der Waals surface area (Å²) in [6, 6.07) is 0. The van der Waals surface area contributed by atoms with E-state index in [0.29, 0.717) is 19.3 Å². The lowest BCUT2D eigenvalue weighted by molar-refractivity contribution is -0.167. The zero-order valence-electron chi connectivity index (χ0n) is 40.4. The molecule has 354 valence electrons. The number of carbonyl (C=O) groups is 3. The van der Waals surface area contributed by atoms with Crippen molar-refractivity contribution in [1.29, 1.82) is 0 Å². The van der Waals surface area contributed by atoms with Crippen LogP contribution in [0.2, 0.25) is 0 Å². The van der Waals surface area contributed by atoms with Crippen molar-refractivity contribution in [2.24, 2.45) is 0 Å². The first kappa shape index (κ1) is 58.6.